The van der Waals surface area contributed by atoms with Crippen molar-refractivity contribution in [2.45, 2.75) is 57.5 Å². The van der Waals surface area contributed by atoms with Gasteiger partial charge in [0.2, 0.25) is 0 Å². The third-order valence-electron chi connectivity index (χ3n) is 6.57. The van der Waals surface area contributed by atoms with E-state index in [1.54, 1.807) is 0 Å². The molecule has 0 atom stereocenters. The summed E-state index contributed by atoms with van der Waals surface area (Å²) in [7, 11) is 0. The zero-order valence-corrected chi connectivity index (χ0v) is 16.3. The van der Waals surface area contributed by atoms with Gasteiger partial charge in [-0.1, -0.05) is 6.42 Å². The number of anilines is 1. The molecule has 3 aliphatic rings. The first kappa shape index (κ1) is 19.1. The summed E-state index contributed by atoms with van der Waals surface area (Å²) in [5.74, 6) is -0.628. The van der Waals surface area contributed by atoms with Crippen molar-refractivity contribution in [2.75, 3.05) is 44.2 Å². The molecule has 4 rings (SSSR count). The van der Waals surface area contributed by atoms with Gasteiger partial charge in [0.15, 0.2) is 11.6 Å². The van der Waals surface area contributed by atoms with E-state index < -0.39 is 11.6 Å². The van der Waals surface area contributed by atoms with Crippen molar-refractivity contribution in [1.29, 1.82) is 0 Å². The molecule has 150 valence electrons. The maximum atomic E-state index is 13.6. The fraction of sp³-hybridized carbons (Fsp3) is 0.727. The Hall–Kier alpha value is -1.20. The average Bonchev–Trinajstić information content (AvgIpc) is 2.63. The van der Waals surface area contributed by atoms with E-state index in [9.17, 15) is 8.78 Å². The van der Waals surface area contributed by atoms with Crippen LogP contribution in [0.1, 0.15) is 50.5 Å². The van der Waals surface area contributed by atoms with E-state index in [4.69, 9.17) is 4.74 Å². The molecule has 0 bridgehead atoms. The van der Waals surface area contributed by atoms with Gasteiger partial charge in [0.05, 0.1) is 6.10 Å². The molecule has 1 aliphatic carbocycles. The molecule has 2 aliphatic heterocycles. The Balaban J connectivity index is 1.18. The number of hydrogen-bond acceptors (Lipinski definition) is 3. The van der Waals surface area contributed by atoms with E-state index >= 15 is 0 Å². The number of aryl methyl sites for hydroxylation is 1. The van der Waals surface area contributed by atoms with Crippen molar-refractivity contribution < 1.29 is 13.5 Å². The standard InChI is InChI=1S/C22H32F2N2O/c23-20-14-18-6-2-10-26(22(18)15-21(20)24)11-3-9-25-12-7-19(8-13-25)27-16-17-4-1-5-17/h14-15,17,19H,1-13,16H2. The molecule has 1 saturated heterocycles. The molecule has 5 heteroatoms. The lowest BCUT2D eigenvalue weighted by Crippen LogP contribution is -2.39. The summed E-state index contributed by atoms with van der Waals surface area (Å²) in [5.41, 5.74) is 1.84. The topological polar surface area (TPSA) is 15.7 Å². The van der Waals surface area contributed by atoms with Crippen molar-refractivity contribution >= 4 is 5.69 Å². The Kier molecular flexibility index (Phi) is 6.28. The van der Waals surface area contributed by atoms with Gasteiger partial charge in [-0.25, -0.2) is 8.78 Å². The van der Waals surface area contributed by atoms with Crippen LogP contribution >= 0.6 is 0 Å². The minimum atomic E-state index is -0.732. The average molecular weight is 379 g/mol. The zero-order valence-electron chi connectivity index (χ0n) is 16.3. The van der Waals surface area contributed by atoms with Crippen molar-refractivity contribution in [2.24, 2.45) is 5.92 Å². The highest BCUT2D eigenvalue weighted by Gasteiger charge is 2.24. The second-order valence-corrected chi connectivity index (χ2v) is 8.51. The van der Waals surface area contributed by atoms with Crippen molar-refractivity contribution in [3.8, 4) is 0 Å². The fourth-order valence-corrected chi connectivity index (χ4v) is 4.60. The van der Waals surface area contributed by atoms with Crippen LogP contribution in [0.3, 0.4) is 0 Å². The summed E-state index contributed by atoms with van der Waals surface area (Å²) < 4.78 is 33.2. The number of halogens is 2. The Bertz CT molecular complexity index is 627. The molecule has 1 aromatic rings. The lowest BCUT2D eigenvalue weighted by atomic mass is 9.86. The van der Waals surface area contributed by atoms with Crippen LogP contribution < -0.4 is 4.90 Å². The number of piperidine rings is 1. The van der Waals surface area contributed by atoms with E-state index in [2.05, 4.69) is 9.80 Å². The van der Waals surface area contributed by atoms with Gasteiger partial charge in [-0.3, -0.25) is 0 Å². The molecule has 0 amide bonds. The Morgan fingerprint density at radius 3 is 2.44 bits per heavy atom. The van der Waals surface area contributed by atoms with Crippen LogP contribution in [0.4, 0.5) is 14.5 Å². The molecule has 27 heavy (non-hydrogen) atoms. The molecule has 1 saturated carbocycles. The highest BCUT2D eigenvalue weighted by molar-refractivity contribution is 5.56. The van der Waals surface area contributed by atoms with Gasteiger partial charge in [-0.05, 0) is 69.0 Å². The molecule has 3 nitrogen and oxygen atoms in total. The van der Waals surface area contributed by atoms with Gasteiger partial charge in [0.1, 0.15) is 0 Å². The Morgan fingerprint density at radius 1 is 0.926 bits per heavy atom. The summed E-state index contributed by atoms with van der Waals surface area (Å²) in [6, 6.07) is 2.76. The molecule has 2 heterocycles. The molecule has 0 unspecified atom stereocenters. The lowest BCUT2D eigenvalue weighted by Gasteiger charge is -2.35. The van der Waals surface area contributed by atoms with Crippen LogP contribution in [0.2, 0.25) is 0 Å². The fourth-order valence-electron chi connectivity index (χ4n) is 4.60. The molecular weight excluding hydrogens is 346 g/mol. The Morgan fingerprint density at radius 2 is 1.70 bits per heavy atom. The molecule has 1 aromatic carbocycles. The normalized spacial score (nSPS) is 21.9. The van der Waals surface area contributed by atoms with E-state index in [1.807, 2.05) is 0 Å². The predicted octanol–water partition coefficient (Wildman–Crippen LogP) is 4.39. The summed E-state index contributed by atoms with van der Waals surface area (Å²) in [6.07, 6.45) is 9.76. The molecule has 2 fully saturated rings. The summed E-state index contributed by atoms with van der Waals surface area (Å²) in [5, 5.41) is 0. The predicted molar refractivity (Wildman–Crippen MR) is 104 cm³/mol. The smallest absolute Gasteiger partial charge is 0.160 e. The first-order valence-electron chi connectivity index (χ1n) is 10.8. The summed E-state index contributed by atoms with van der Waals surface area (Å²) in [4.78, 5) is 4.76. The van der Waals surface area contributed by atoms with Crippen molar-refractivity contribution in [3.05, 3.63) is 29.3 Å². The summed E-state index contributed by atoms with van der Waals surface area (Å²) >= 11 is 0. The van der Waals surface area contributed by atoms with E-state index in [0.29, 0.717) is 6.10 Å². The van der Waals surface area contributed by atoms with Gasteiger partial charge in [0.25, 0.3) is 0 Å². The number of hydrogen-bond donors (Lipinski definition) is 0. The second kappa shape index (κ2) is 8.87. The number of ether oxygens (including phenoxy) is 1. The maximum absolute atomic E-state index is 13.6. The van der Waals surface area contributed by atoms with Crippen molar-refractivity contribution in [3.63, 3.8) is 0 Å². The minimum absolute atomic E-state index is 0.452. The van der Waals surface area contributed by atoms with Crippen LogP contribution in [-0.4, -0.2) is 50.3 Å². The monoisotopic (exact) mass is 378 g/mol. The molecule has 0 radical (unpaired) electrons. The third-order valence-corrected chi connectivity index (χ3v) is 6.57. The van der Waals surface area contributed by atoms with Gasteiger partial charge in [0, 0.05) is 44.5 Å². The van der Waals surface area contributed by atoms with Gasteiger partial charge < -0.3 is 14.5 Å². The molecular formula is C22H32F2N2O. The van der Waals surface area contributed by atoms with Crippen LogP contribution in [0.25, 0.3) is 0 Å². The Labute approximate surface area is 161 Å². The highest BCUT2D eigenvalue weighted by Crippen LogP contribution is 2.30. The van der Waals surface area contributed by atoms with E-state index in [1.165, 1.54) is 31.4 Å². The zero-order chi connectivity index (χ0) is 18.6. The SMILES string of the molecule is Fc1cc2c(cc1F)N(CCCN1CCC(OCC3CCC3)CC1)CCC2. The first-order chi connectivity index (χ1) is 13.2. The van der Waals surface area contributed by atoms with Crippen LogP contribution in [-0.2, 0) is 11.2 Å². The van der Waals surface area contributed by atoms with Gasteiger partial charge in [-0.2, -0.15) is 0 Å². The number of likely N-dealkylation sites (tertiary alicyclic amines) is 1. The number of rotatable bonds is 7. The van der Waals surface area contributed by atoms with Gasteiger partial charge >= 0.3 is 0 Å². The number of nitrogens with zero attached hydrogens (tertiary/aromatic N) is 2. The third kappa shape index (κ3) is 4.80. The van der Waals surface area contributed by atoms with Crippen LogP contribution in [0, 0.1) is 17.6 Å². The quantitative estimate of drug-likeness (QED) is 0.700. The highest BCUT2D eigenvalue weighted by atomic mass is 19.2. The largest absolute Gasteiger partial charge is 0.378 e. The molecule has 0 spiro atoms. The van der Waals surface area contributed by atoms with Crippen LogP contribution in [0.5, 0.6) is 0 Å². The first-order valence-corrected chi connectivity index (χ1v) is 10.8. The van der Waals surface area contributed by atoms with Crippen LogP contribution in [0.15, 0.2) is 12.1 Å². The molecule has 0 N–H and O–H groups in total. The number of benzene rings is 1. The summed E-state index contributed by atoms with van der Waals surface area (Å²) in [6.45, 7) is 6.13. The van der Waals surface area contributed by atoms with E-state index in [0.717, 1.165) is 88.6 Å². The lowest BCUT2D eigenvalue weighted by molar-refractivity contribution is -0.0215. The number of fused-ring (bicyclic) bond motifs is 1. The maximum Gasteiger partial charge on any atom is 0.160 e. The van der Waals surface area contributed by atoms with Crippen molar-refractivity contribution in [1.82, 2.24) is 4.90 Å². The van der Waals surface area contributed by atoms with Gasteiger partial charge in [-0.15, -0.1) is 0 Å². The molecule has 0 aromatic heterocycles. The minimum Gasteiger partial charge on any atom is -0.378 e. The van der Waals surface area contributed by atoms with E-state index in [-0.39, 0.29) is 0 Å². The second-order valence-electron chi connectivity index (χ2n) is 8.51.